The topological polar surface area (TPSA) is 9.23 Å². The Kier molecular flexibility index (Phi) is 3.97. The van der Waals surface area contributed by atoms with Gasteiger partial charge >= 0.3 is 6.18 Å². The number of benzene rings is 1. The van der Waals surface area contributed by atoms with Gasteiger partial charge in [0.05, 0.1) is 5.02 Å². The van der Waals surface area contributed by atoms with Crippen LogP contribution in [0.4, 0.5) is 13.2 Å². The average Bonchev–Trinajstić information content (AvgIpc) is 2.13. The van der Waals surface area contributed by atoms with Crippen LogP contribution in [0.15, 0.2) is 18.2 Å². The van der Waals surface area contributed by atoms with Crippen LogP contribution in [-0.2, 0) is 5.41 Å². The molecule has 0 amide bonds. The van der Waals surface area contributed by atoms with Crippen molar-refractivity contribution in [2.45, 2.75) is 32.4 Å². The molecule has 0 fully saturated rings. The molecule has 5 heteroatoms. The van der Waals surface area contributed by atoms with Crippen molar-refractivity contribution in [3.8, 4) is 5.75 Å². The Hall–Kier alpha value is -0.900. The molecule has 1 aromatic rings. The van der Waals surface area contributed by atoms with Gasteiger partial charge in [-0.3, -0.25) is 0 Å². The molecule has 0 bridgehead atoms. The molecule has 0 atom stereocenters. The zero-order chi connectivity index (χ0) is 13.3. The van der Waals surface area contributed by atoms with E-state index in [4.69, 9.17) is 11.6 Å². The van der Waals surface area contributed by atoms with Gasteiger partial charge < -0.3 is 4.74 Å². The van der Waals surface area contributed by atoms with Crippen LogP contribution < -0.4 is 4.74 Å². The van der Waals surface area contributed by atoms with Crippen molar-refractivity contribution >= 4 is 11.6 Å². The van der Waals surface area contributed by atoms with E-state index in [9.17, 15) is 13.2 Å². The molecule has 0 spiro atoms. The molecule has 1 aromatic carbocycles. The lowest BCUT2D eigenvalue weighted by Gasteiger charge is -2.20. The number of rotatable bonds is 2. The summed E-state index contributed by atoms with van der Waals surface area (Å²) in [6.07, 6.45) is -4.36. The highest BCUT2D eigenvalue weighted by Gasteiger charge is 2.29. The van der Waals surface area contributed by atoms with Gasteiger partial charge in [0.1, 0.15) is 5.75 Å². The fourth-order valence-corrected chi connectivity index (χ4v) is 1.41. The van der Waals surface area contributed by atoms with E-state index in [1.807, 2.05) is 20.8 Å². The molecule has 0 saturated heterocycles. The van der Waals surface area contributed by atoms with Gasteiger partial charge in [0.25, 0.3) is 0 Å². The maximum atomic E-state index is 12.0. The summed E-state index contributed by atoms with van der Waals surface area (Å²) < 4.78 is 40.8. The molecule has 1 nitrogen and oxygen atoms in total. The minimum Gasteiger partial charge on any atom is -0.483 e. The summed E-state index contributed by atoms with van der Waals surface area (Å²) in [5, 5.41) is 0.183. The highest BCUT2D eigenvalue weighted by atomic mass is 35.5. The largest absolute Gasteiger partial charge is 0.483 e. The lowest BCUT2D eigenvalue weighted by atomic mass is 9.87. The molecule has 96 valence electrons. The first kappa shape index (κ1) is 14.2. The predicted octanol–water partition coefficient (Wildman–Crippen LogP) is 4.58. The van der Waals surface area contributed by atoms with E-state index in [2.05, 4.69) is 4.74 Å². The second-order valence-electron chi connectivity index (χ2n) is 4.80. The van der Waals surface area contributed by atoms with Crippen molar-refractivity contribution < 1.29 is 17.9 Å². The summed E-state index contributed by atoms with van der Waals surface area (Å²) in [6.45, 7) is 4.55. The van der Waals surface area contributed by atoms with Gasteiger partial charge in [0.15, 0.2) is 6.61 Å². The fraction of sp³-hybridized carbons (Fsp3) is 0.500. The summed E-state index contributed by atoms with van der Waals surface area (Å²) >= 11 is 5.78. The molecule has 0 radical (unpaired) electrons. The predicted molar refractivity (Wildman–Crippen MR) is 61.7 cm³/mol. The zero-order valence-electron chi connectivity index (χ0n) is 9.86. The molecule has 17 heavy (non-hydrogen) atoms. The van der Waals surface area contributed by atoms with Crippen LogP contribution in [0.1, 0.15) is 26.3 Å². The number of ether oxygens (including phenoxy) is 1. The van der Waals surface area contributed by atoms with Gasteiger partial charge in [0.2, 0.25) is 0 Å². The van der Waals surface area contributed by atoms with E-state index < -0.39 is 12.8 Å². The normalized spacial score (nSPS) is 12.6. The first-order chi connectivity index (χ1) is 7.59. The summed E-state index contributed by atoms with van der Waals surface area (Å²) in [7, 11) is 0. The van der Waals surface area contributed by atoms with Gasteiger partial charge in [-0.25, -0.2) is 0 Å². The van der Waals surface area contributed by atoms with Gasteiger partial charge in [-0.15, -0.1) is 0 Å². The van der Waals surface area contributed by atoms with Crippen LogP contribution in [0.2, 0.25) is 5.02 Å². The summed E-state index contributed by atoms with van der Waals surface area (Å²) in [6, 6.07) is 4.88. The Bertz CT molecular complexity index is 394. The highest BCUT2D eigenvalue weighted by molar-refractivity contribution is 6.32. The molecule has 0 unspecified atom stereocenters. The number of halogens is 4. The molecule has 0 aliphatic heterocycles. The second-order valence-corrected chi connectivity index (χ2v) is 5.21. The van der Waals surface area contributed by atoms with E-state index in [1.165, 1.54) is 0 Å². The maximum Gasteiger partial charge on any atom is 0.422 e. The molecule has 0 heterocycles. The molecular weight excluding hydrogens is 253 g/mol. The first-order valence-electron chi connectivity index (χ1n) is 5.09. The Morgan fingerprint density at radius 1 is 1.18 bits per heavy atom. The fourth-order valence-electron chi connectivity index (χ4n) is 1.24. The van der Waals surface area contributed by atoms with Crippen molar-refractivity contribution in [2.24, 2.45) is 0 Å². The van der Waals surface area contributed by atoms with Gasteiger partial charge in [-0.1, -0.05) is 38.4 Å². The van der Waals surface area contributed by atoms with E-state index >= 15 is 0 Å². The van der Waals surface area contributed by atoms with Gasteiger partial charge in [-0.05, 0) is 23.1 Å². The molecule has 1 rings (SSSR count). The smallest absolute Gasteiger partial charge is 0.422 e. The third kappa shape index (κ3) is 4.46. The van der Waals surface area contributed by atoms with Crippen LogP contribution in [0, 0.1) is 0 Å². The standard InChI is InChI=1S/C12H14ClF3O/c1-11(2,3)8-4-5-9(13)10(6-8)17-7-12(14,15)16/h4-6H,7H2,1-3H3. The molecular formula is C12H14ClF3O. The van der Waals surface area contributed by atoms with Gasteiger partial charge in [-0.2, -0.15) is 13.2 Å². The molecule has 0 aromatic heterocycles. The number of alkyl halides is 3. The van der Waals surface area contributed by atoms with Crippen LogP contribution >= 0.6 is 11.6 Å². The van der Waals surface area contributed by atoms with Crippen LogP contribution in [-0.4, -0.2) is 12.8 Å². The highest BCUT2D eigenvalue weighted by Crippen LogP contribution is 2.32. The Morgan fingerprint density at radius 3 is 2.24 bits per heavy atom. The van der Waals surface area contributed by atoms with E-state index in [0.29, 0.717) is 0 Å². The van der Waals surface area contributed by atoms with E-state index in [1.54, 1.807) is 18.2 Å². The van der Waals surface area contributed by atoms with Crippen LogP contribution in [0.3, 0.4) is 0 Å². The second kappa shape index (κ2) is 4.77. The Morgan fingerprint density at radius 2 is 1.76 bits per heavy atom. The van der Waals surface area contributed by atoms with Crippen molar-refractivity contribution in [3.63, 3.8) is 0 Å². The lowest BCUT2D eigenvalue weighted by molar-refractivity contribution is -0.153. The van der Waals surface area contributed by atoms with E-state index in [-0.39, 0.29) is 16.2 Å². The van der Waals surface area contributed by atoms with Crippen LogP contribution in [0.25, 0.3) is 0 Å². The van der Waals surface area contributed by atoms with Gasteiger partial charge in [0, 0.05) is 0 Å². The number of hydrogen-bond donors (Lipinski definition) is 0. The summed E-state index contributed by atoms with van der Waals surface area (Å²) in [4.78, 5) is 0. The van der Waals surface area contributed by atoms with Crippen molar-refractivity contribution in [1.29, 1.82) is 0 Å². The Labute approximate surface area is 104 Å². The molecule has 0 aliphatic rings. The monoisotopic (exact) mass is 266 g/mol. The lowest BCUT2D eigenvalue weighted by Crippen LogP contribution is -2.19. The third-order valence-corrected chi connectivity index (χ3v) is 2.50. The van der Waals surface area contributed by atoms with Crippen molar-refractivity contribution in [1.82, 2.24) is 0 Å². The Balaban J connectivity index is 2.92. The average molecular weight is 267 g/mol. The zero-order valence-corrected chi connectivity index (χ0v) is 10.6. The first-order valence-corrected chi connectivity index (χ1v) is 5.47. The maximum absolute atomic E-state index is 12.0. The molecule has 0 saturated carbocycles. The van der Waals surface area contributed by atoms with E-state index in [0.717, 1.165) is 5.56 Å². The number of hydrogen-bond acceptors (Lipinski definition) is 1. The quantitative estimate of drug-likeness (QED) is 0.761. The summed E-state index contributed by atoms with van der Waals surface area (Å²) in [5.41, 5.74) is 0.708. The minimum absolute atomic E-state index is 0.0661. The van der Waals surface area contributed by atoms with Crippen molar-refractivity contribution in [2.75, 3.05) is 6.61 Å². The molecule has 0 N–H and O–H groups in total. The third-order valence-electron chi connectivity index (χ3n) is 2.19. The minimum atomic E-state index is -4.36. The molecule has 0 aliphatic carbocycles. The SMILES string of the molecule is CC(C)(C)c1ccc(Cl)c(OCC(F)(F)F)c1. The van der Waals surface area contributed by atoms with Crippen molar-refractivity contribution in [3.05, 3.63) is 28.8 Å². The van der Waals surface area contributed by atoms with Crippen LogP contribution in [0.5, 0.6) is 5.75 Å². The summed E-state index contributed by atoms with van der Waals surface area (Å²) in [5.74, 6) is 0.0661.